The molecule has 5 heteroatoms. The SMILES string of the molecule is Cc1cc(O)ccc1C(=O)N(C)c1ccccc1C(=O)O. The van der Waals surface area contributed by atoms with Crippen molar-refractivity contribution >= 4 is 17.6 Å². The molecule has 0 radical (unpaired) electrons. The van der Waals surface area contributed by atoms with Crippen LogP contribution in [0.15, 0.2) is 42.5 Å². The maximum atomic E-state index is 12.5. The highest BCUT2D eigenvalue weighted by Gasteiger charge is 2.20. The van der Waals surface area contributed by atoms with E-state index in [0.29, 0.717) is 16.8 Å². The molecule has 0 spiro atoms. The Balaban J connectivity index is 2.42. The Hall–Kier alpha value is -2.82. The zero-order valence-corrected chi connectivity index (χ0v) is 11.7. The van der Waals surface area contributed by atoms with Gasteiger partial charge in [-0.3, -0.25) is 4.79 Å². The normalized spacial score (nSPS) is 10.2. The molecule has 2 aromatic rings. The molecule has 2 rings (SSSR count). The average molecular weight is 285 g/mol. The lowest BCUT2D eigenvalue weighted by atomic mass is 10.1. The first kappa shape index (κ1) is 14.6. The van der Waals surface area contributed by atoms with Crippen molar-refractivity contribution in [3.63, 3.8) is 0 Å². The summed E-state index contributed by atoms with van der Waals surface area (Å²) < 4.78 is 0. The molecule has 0 aliphatic heterocycles. The fraction of sp³-hybridized carbons (Fsp3) is 0.125. The summed E-state index contributed by atoms with van der Waals surface area (Å²) in [6.07, 6.45) is 0. The van der Waals surface area contributed by atoms with Crippen molar-refractivity contribution in [2.75, 3.05) is 11.9 Å². The lowest BCUT2D eigenvalue weighted by molar-refractivity contribution is 0.0697. The van der Waals surface area contributed by atoms with Crippen LogP contribution in [-0.2, 0) is 0 Å². The Morgan fingerprint density at radius 3 is 2.33 bits per heavy atom. The number of rotatable bonds is 3. The van der Waals surface area contributed by atoms with Gasteiger partial charge in [-0.25, -0.2) is 4.79 Å². The van der Waals surface area contributed by atoms with Gasteiger partial charge in [0.25, 0.3) is 5.91 Å². The quantitative estimate of drug-likeness (QED) is 0.908. The van der Waals surface area contributed by atoms with Gasteiger partial charge in [-0.2, -0.15) is 0 Å². The second-order valence-electron chi connectivity index (χ2n) is 4.69. The summed E-state index contributed by atoms with van der Waals surface area (Å²) in [7, 11) is 1.52. The van der Waals surface area contributed by atoms with Crippen molar-refractivity contribution in [3.8, 4) is 5.75 Å². The minimum absolute atomic E-state index is 0.0600. The standard InChI is InChI=1S/C16H15NO4/c1-10-9-11(18)7-8-12(10)15(19)17(2)14-6-4-3-5-13(14)16(20)21/h3-9,18H,1-2H3,(H,20,21). The molecule has 2 N–H and O–H groups in total. The van der Waals surface area contributed by atoms with Gasteiger partial charge in [-0.1, -0.05) is 12.1 Å². The number of hydrogen-bond acceptors (Lipinski definition) is 3. The summed E-state index contributed by atoms with van der Waals surface area (Å²) in [5, 5.41) is 18.6. The first-order valence-corrected chi connectivity index (χ1v) is 6.32. The highest BCUT2D eigenvalue weighted by Crippen LogP contribution is 2.23. The molecule has 2 aromatic carbocycles. The van der Waals surface area contributed by atoms with Gasteiger partial charge in [0.2, 0.25) is 0 Å². The molecule has 0 fully saturated rings. The second-order valence-corrected chi connectivity index (χ2v) is 4.69. The molecular weight excluding hydrogens is 270 g/mol. The summed E-state index contributed by atoms with van der Waals surface area (Å²) in [6, 6.07) is 10.8. The van der Waals surface area contributed by atoms with E-state index < -0.39 is 5.97 Å². The van der Waals surface area contributed by atoms with Crippen LogP contribution in [0, 0.1) is 6.92 Å². The lowest BCUT2D eigenvalue weighted by Gasteiger charge is -2.20. The van der Waals surface area contributed by atoms with Gasteiger partial charge < -0.3 is 15.1 Å². The van der Waals surface area contributed by atoms with Gasteiger partial charge >= 0.3 is 5.97 Å². The predicted molar refractivity (Wildman–Crippen MR) is 79.0 cm³/mol. The van der Waals surface area contributed by atoms with Crippen molar-refractivity contribution in [2.24, 2.45) is 0 Å². The number of para-hydroxylation sites is 1. The van der Waals surface area contributed by atoms with Crippen LogP contribution in [0.25, 0.3) is 0 Å². The number of nitrogens with zero attached hydrogens (tertiary/aromatic N) is 1. The number of carbonyl (C=O) groups excluding carboxylic acids is 1. The van der Waals surface area contributed by atoms with Crippen LogP contribution in [-0.4, -0.2) is 29.1 Å². The maximum Gasteiger partial charge on any atom is 0.337 e. The summed E-state index contributed by atoms with van der Waals surface area (Å²) in [5.41, 5.74) is 1.42. The largest absolute Gasteiger partial charge is 0.508 e. The fourth-order valence-electron chi connectivity index (χ4n) is 2.12. The number of aryl methyl sites for hydroxylation is 1. The maximum absolute atomic E-state index is 12.5. The third-order valence-electron chi connectivity index (χ3n) is 3.24. The highest BCUT2D eigenvalue weighted by atomic mass is 16.4. The number of phenolic OH excluding ortho intramolecular Hbond substituents is 1. The van der Waals surface area contributed by atoms with E-state index >= 15 is 0 Å². The zero-order chi connectivity index (χ0) is 15.6. The minimum Gasteiger partial charge on any atom is -0.508 e. The van der Waals surface area contributed by atoms with Crippen molar-refractivity contribution in [1.29, 1.82) is 0 Å². The van der Waals surface area contributed by atoms with Crippen molar-refractivity contribution in [1.82, 2.24) is 0 Å². The molecule has 0 saturated carbocycles. The van der Waals surface area contributed by atoms with Crippen molar-refractivity contribution < 1.29 is 19.8 Å². The van der Waals surface area contributed by atoms with E-state index in [1.807, 2.05) is 0 Å². The number of amides is 1. The summed E-state index contributed by atoms with van der Waals surface area (Å²) in [5.74, 6) is -1.34. The number of phenols is 1. The average Bonchev–Trinajstić information content (AvgIpc) is 2.45. The Labute approximate surface area is 122 Å². The minimum atomic E-state index is -1.09. The topological polar surface area (TPSA) is 77.8 Å². The third-order valence-corrected chi connectivity index (χ3v) is 3.24. The molecule has 0 aliphatic carbocycles. The number of carboxylic acids is 1. The third kappa shape index (κ3) is 2.86. The van der Waals surface area contributed by atoms with Crippen LogP contribution >= 0.6 is 0 Å². The molecule has 0 aromatic heterocycles. The molecule has 0 saturated heterocycles. The summed E-state index contributed by atoms with van der Waals surface area (Å²) in [4.78, 5) is 25.0. The predicted octanol–water partition coefficient (Wildman–Crippen LogP) is 2.68. The van der Waals surface area contributed by atoms with Crippen LogP contribution in [0.3, 0.4) is 0 Å². The van der Waals surface area contributed by atoms with E-state index in [4.69, 9.17) is 0 Å². The number of carboxylic acid groups (broad SMARTS) is 1. The smallest absolute Gasteiger partial charge is 0.337 e. The van der Waals surface area contributed by atoms with Gasteiger partial charge in [0.1, 0.15) is 5.75 Å². The van der Waals surface area contributed by atoms with Crippen molar-refractivity contribution in [3.05, 3.63) is 59.2 Å². The summed E-state index contributed by atoms with van der Waals surface area (Å²) in [6.45, 7) is 1.71. The van der Waals surface area contributed by atoms with E-state index in [0.717, 1.165) is 0 Å². The van der Waals surface area contributed by atoms with Gasteiger partial charge in [0.05, 0.1) is 11.3 Å². The molecule has 1 amide bonds. The van der Waals surface area contributed by atoms with Gasteiger partial charge in [0, 0.05) is 12.6 Å². The zero-order valence-electron chi connectivity index (χ0n) is 11.7. The van der Waals surface area contributed by atoms with E-state index in [1.165, 1.54) is 36.2 Å². The number of hydrogen-bond donors (Lipinski definition) is 2. The van der Waals surface area contributed by atoms with Crippen LogP contribution in [0.4, 0.5) is 5.69 Å². The molecule has 21 heavy (non-hydrogen) atoms. The van der Waals surface area contributed by atoms with E-state index in [1.54, 1.807) is 25.1 Å². The Morgan fingerprint density at radius 2 is 1.71 bits per heavy atom. The molecule has 0 heterocycles. The number of aromatic hydroxyl groups is 1. The first-order valence-electron chi connectivity index (χ1n) is 6.32. The molecule has 0 bridgehead atoms. The van der Waals surface area contributed by atoms with E-state index in [-0.39, 0.29) is 17.2 Å². The molecule has 108 valence electrons. The Bertz CT molecular complexity index is 709. The fourth-order valence-corrected chi connectivity index (χ4v) is 2.12. The van der Waals surface area contributed by atoms with Crippen LogP contribution in [0.1, 0.15) is 26.3 Å². The Kier molecular flexibility index (Phi) is 3.93. The lowest BCUT2D eigenvalue weighted by Crippen LogP contribution is -2.28. The summed E-state index contributed by atoms with van der Waals surface area (Å²) >= 11 is 0. The molecule has 5 nitrogen and oxygen atoms in total. The number of carbonyl (C=O) groups is 2. The highest BCUT2D eigenvalue weighted by molar-refractivity contribution is 6.09. The molecule has 0 unspecified atom stereocenters. The number of benzene rings is 2. The van der Waals surface area contributed by atoms with Gasteiger partial charge in [0.15, 0.2) is 0 Å². The molecule has 0 aliphatic rings. The number of aromatic carboxylic acids is 1. The number of anilines is 1. The molecule has 0 atom stereocenters. The van der Waals surface area contributed by atoms with Gasteiger partial charge in [-0.05, 0) is 42.8 Å². The second kappa shape index (κ2) is 5.66. The van der Waals surface area contributed by atoms with Crippen LogP contribution < -0.4 is 4.90 Å². The van der Waals surface area contributed by atoms with Gasteiger partial charge in [-0.15, -0.1) is 0 Å². The van der Waals surface area contributed by atoms with Crippen LogP contribution in [0.5, 0.6) is 5.75 Å². The van der Waals surface area contributed by atoms with E-state index in [9.17, 15) is 19.8 Å². The van der Waals surface area contributed by atoms with E-state index in [2.05, 4.69) is 0 Å². The van der Waals surface area contributed by atoms with Crippen LogP contribution in [0.2, 0.25) is 0 Å². The Morgan fingerprint density at radius 1 is 1.05 bits per heavy atom. The molecular formula is C16H15NO4. The first-order chi connectivity index (χ1) is 9.91. The van der Waals surface area contributed by atoms with Crippen molar-refractivity contribution in [2.45, 2.75) is 6.92 Å². The monoisotopic (exact) mass is 285 g/mol.